The molecule has 0 fully saturated rings. The van der Waals surface area contributed by atoms with Crippen LogP contribution in [0.4, 0.5) is 0 Å². The Kier molecular flexibility index (Phi) is 8.52. The molecule has 2 aliphatic carbocycles. The average molecular weight is 691 g/mol. The maximum atomic E-state index is 10.3. The molecule has 2 aromatic heterocycles. The molecule has 8 rings (SSSR count). The average Bonchev–Trinajstić information content (AvgIpc) is 3.80. The zero-order chi connectivity index (χ0) is 37.0. The summed E-state index contributed by atoms with van der Waals surface area (Å²) in [4.78, 5) is 28.9. The van der Waals surface area contributed by atoms with Crippen LogP contribution in [-0.4, -0.2) is 29.9 Å². The largest absolute Gasteiger partial charge is 0.208 e. The Labute approximate surface area is 309 Å². The van der Waals surface area contributed by atoms with E-state index in [1.165, 1.54) is 0 Å². The van der Waals surface area contributed by atoms with Crippen molar-refractivity contribution in [2.45, 2.75) is 0 Å². The maximum Gasteiger partial charge on any atom is 0.164 e. The fourth-order valence-corrected chi connectivity index (χ4v) is 6.32. The van der Waals surface area contributed by atoms with E-state index in [4.69, 9.17) is 29.9 Å². The highest BCUT2D eigenvalue weighted by Gasteiger charge is 2.37. The summed E-state index contributed by atoms with van der Waals surface area (Å²) < 4.78 is 0. The molecule has 0 saturated carbocycles. The zero-order valence-electron chi connectivity index (χ0n) is 28.2. The number of hydrogen-bond acceptors (Lipinski definition) is 10. The third-order valence-corrected chi connectivity index (χ3v) is 8.77. The Bertz CT molecular complexity index is 2480. The van der Waals surface area contributed by atoms with Crippen LogP contribution in [0, 0.1) is 45.3 Å². The van der Waals surface area contributed by atoms with Crippen molar-refractivity contribution in [2.75, 3.05) is 0 Å². The van der Waals surface area contributed by atoms with E-state index in [0.717, 1.165) is 22.3 Å². The van der Waals surface area contributed by atoms with Crippen molar-refractivity contribution < 1.29 is 0 Å². The number of nitriles is 4. The molecular formula is C44H22N10. The second-order valence-corrected chi connectivity index (χ2v) is 12.0. The molecule has 0 N–H and O–H groups in total. The van der Waals surface area contributed by atoms with Crippen LogP contribution in [-0.2, 0) is 0 Å². The molecule has 0 spiro atoms. The first-order valence-corrected chi connectivity index (χ1v) is 16.6. The molecule has 0 amide bonds. The van der Waals surface area contributed by atoms with Crippen molar-refractivity contribution in [1.82, 2.24) is 29.9 Å². The van der Waals surface area contributed by atoms with Gasteiger partial charge < -0.3 is 0 Å². The van der Waals surface area contributed by atoms with Crippen molar-refractivity contribution in [3.05, 3.63) is 179 Å². The van der Waals surface area contributed by atoms with Gasteiger partial charge in [-0.15, -0.1) is 0 Å². The summed E-state index contributed by atoms with van der Waals surface area (Å²) in [5.74, 6) is 1.95. The topological polar surface area (TPSA) is 172 Å². The van der Waals surface area contributed by atoms with E-state index in [1.54, 1.807) is 12.2 Å². The molecule has 0 bridgehead atoms. The van der Waals surface area contributed by atoms with Gasteiger partial charge >= 0.3 is 0 Å². The van der Waals surface area contributed by atoms with Gasteiger partial charge in [-0.05, 0) is 23.3 Å². The molecule has 0 atom stereocenters. The molecule has 0 aliphatic heterocycles. The van der Waals surface area contributed by atoms with Gasteiger partial charge in [0, 0.05) is 44.5 Å². The van der Waals surface area contributed by atoms with Gasteiger partial charge in [-0.1, -0.05) is 121 Å². The standard InChI is InChI=1S/C44H22N10/c45-23-31(24-46)37-34-22-36(44-53-41(29-17-9-3-10-18-29)50-42(54-44)30-19-11-4-12-20-30)38(32(25-47)26-48)33(34)21-35(37)43-51-39(27-13-5-1-6-14-27)49-40(52-43)28-15-7-2-8-16-28/h1-22H. The molecule has 2 heterocycles. The van der Waals surface area contributed by atoms with E-state index in [2.05, 4.69) is 0 Å². The lowest BCUT2D eigenvalue weighted by Gasteiger charge is -2.13. The van der Waals surface area contributed by atoms with Crippen LogP contribution < -0.4 is 0 Å². The lowest BCUT2D eigenvalue weighted by atomic mass is 9.95. The minimum absolute atomic E-state index is 0.202. The number of benzene rings is 4. The van der Waals surface area contributed by atoms with Crippen molar-refractivity contribution in [2.24, 2.45) is 0 Å². The first-order chi connectivity index (χ1) is 26.6. The van der Waals surface area contributed by atoms with Crippen LogP contribution in [0.25, 0.3) is 56.7 Å². The molecule has 10 nitrogen and oxygen atoms in total. The molecule has 6 aromatic rings. The highest BCUT2D eigenvalue weighted by atomic mass is 15.0. The number of allylic oxidation sites excluding steroid dienone is 10. The first-order valence-electron chi connectivity index (χ1n) is 16.6. The Hall–Kier alpha value is -8.44. The molecule has 2 aliphatic rings. The smallest absolute Gasteiger partial charge is 0.164 e. The Morgan fingerprint density at radius 1 is 0.333 bits per heavy atom. The summed E-state index contributed by atoms with van der Waals surface area (Å²) in [7, 11) is 0. The first kappa shape index (κ1) is 32.7. The number of hydrogen-bond donors (Lipinski definition) is 0. The number of nitrogens with zero attached hydrogens (tertiary/aromatic N) is 10. The fraction of sp³-hybridized carbons (Fsp3) is 0. The highest BCUT2D eigenvalue weighted by Crippen LogP contribution is 2.50. The van der Waals surface area contributed by atoms with Crippen LogP contribution in [0.15, 0.2) is 167 Å². The van der Waals surface area contributed by atoms with Gasteiger partial charge in [0.25, 0.3) is 0 Å². The Morgan fingerprint density at radius 2 is 0.574 bits per heavy atom. The van der Waals surface area contributed by atoms with Gasteiger partial charge in [0.15, 0.2) is 34.9 Å². The van der Waals surface area contributed by atoms with E-state index in [0.29, 0.717) is 45.6 Å². The molecule has 0 unspecified atom stereocenters. The molecule has 0 saturated heterocycles. The van der Waals surface area contributed by atoms with E-state index in [-0.39, 0.29) is 33.9 Å². The molecular weight excluding hydrogens is 669 g/mol. The van der Waals surface area contributed by atoms with Crippen molar-refractivity contribution in [3.8, 4) is 69.8 Å². The van der Waals surface area contributed by atoms with Gasteiger partial charge in [0.05, 0.1) is 0 Å². The molecule has 4 aromatic carbocycles. The Balaban J connectivity index is 1.36. The van der Waals surface area contributed by atoms with Gasteiger partial charge in [-0.2, -0.15) is 21.0 Å². The monoisotopic (exact) mass is 690 g/mol. The van der Waals surface area contributed by atoms with E-state index < -0.39 is 0 Å². The van der Waals surface area contributed by atoms with E-state index >= 15 is 0 Å². The second kappa shape index (κ2) is 14.1. The third kappa shape index (κ3) is 5.91. The SMILES string of the molecule is N#CC(C#N)=C1C(c2nc(-c3ccccc3)nc(-c3ccccc3)n2)=CC2=C1C=C(c1nc(-c3ccccc3)nc(-c3ccccc3)n1)C2=C(C#N)C#N. The van der Waals surface area contributed by atoms with Crippen LogP contribution in [0.5, 0.6) is 0 Å². The van der Waals surface area contributed by atoms with Crippen LogP contribution in [0.3, 0.4) is 0 Å². The molecule has 0 radical (unpaired) electrons. The third-order valence-electron chi connectivity index (χ3n) is 8.77. The van der Waals surface area contributed by atoms with E-state index in [9.17, 15) is 21.0 Å². The van der Waals surface area contributed by atoms with Crippen molar-refractivity contribution in [1.29, 1.82) is 21.0 Å². The minimum atomic E-state index is -0.202. The van der Waals surface area contributed by atoms with Crippen LogP contribution >= 0.6 is 0 Å². The van der Waals surface area contributed by atoms with Gasteiger partial charge in [-0.25, -0.2) is 29.9 Å². The molecule has 54 heavy (non-hydrogen) atoms. The van der Waals surface area contributed by atoms with Gasteiger partial charge in [0.1, 0.15) is 35.4 Å². The van der Waals surface area contributed by atoms with Gasteiger partial charge in [-0.3, -0.25) is 0 Å². The quantitative estimate of drug-likeness (QED) is 0.155. The second-order valence-electron chi connectivity index (χ2n) is 12.0. The van der Waals surface area contributed by atoms with E-state index in [1.807, 2.05) is 146 Å². The summed E-state index contributed by atoms with van der Waals surface area (Å²) in [6, 6.07) is 45.8. The molecule has 10 heteroatoms. The van der Waals surface area contributed by atoms with Crippen molar-refractivity contribution >= 4 is 11.1 Å². The predicted molar refractivity (Wildman–Crippen MR) is 201 cm³/mol. The zero-order valence-corrected chi connectivity index (χ0v) is 28.2. The molecule has 248 valence electrons. The number of rotatable bonds is 6. The minimum Gasteiger partial charge on any atom is -0.208 e. The Morgan fingerprint density at radius 3 is 0.815 bits per heavy atom. The lowest BCUT2D eigenvalue weighted by Crippen LogP contribution is -2.06. The summed E-state index contributed by atoms with van der Waals surface area (Å²) >= 11 is 0. The number of aromatic nitrogens is 6. The lowest BCUT2D eigenvalue weighted by molar-refractivity contribution is 1.03. The van der Waals surface area contributed by atoms with Crippen molar-refractivity contribution in [3.63, 3.8) is 0 Å². The summed E-state index contributed by atoms with van der Waals surface area (Å²) in [6.45, 7) is 0. The predicted octanol–water partition coefficient (Wildman–Crippen LogP) is 8.20. The summed E-state index contributed by atoms with van der Waals surface area (Å²) in [5, 5.41) is 41.2. The maximum absolute atomic E-state index is 10.3. The highest BCUT2D eigenvalue weighted by molar-refractivity contribution is 6.03. The summed E-state index contributed by atoms with van der Waals surface area (Å²) in [6.07, 6.45) is 3.42. The fourth-order valence-electron chi connectivity index (χ4n) is 6.32. The van der Waals surface area contributed by atoms with Gasteiger partial charge in [0.2, 0.25) is 0 Å². The van der Waals surface area contributed by atoms with Crippen LogP contribution in [0.2, 0.25) is 0 Å². The normalized spacial score (nSPS) is 12.8. The van der Waals surface area contributed by atoms with Crippen LogP contribution in [0.1, 0.15) is 11.6 Å². The summed E-state index contributed by atoms with van der Waals surface area (Å²) in [5.41, 5.74) is 4.64.